The molecule has 2 aromatic heterocycles. The zero-order chi connectivity index (χ0) is 17.9. The maximum absolute atomic E-state index is 12.4. The number of carbonyl (C=O) groups excluding carboxylic acids is 1. The average molecular weight is 426 g/mol. The highest BCUT2D eigenvalue weighted by atomic mass is 79.9. The third kappa shape index (κ3) is 3.56. The quantitative estimate of drug-likeness (QED) is 0.525. The number of benzene rings is 2. The molecule has 0 aliphatic rings. The first-order valence-electron chi connectivity index (χ1n) is 7.70. The lowest BCUT2D eigenvalue weighted by Gasteiger charge is -2.00. The summed E-state index contributed by atoms with van der Waals surface area (Å²) in [6.45, 7) is 0. The second kappa shape index (κ2) is 7.19. The molecule has 0 bridgehead atoms. The molecule has 128 valence electrons. The van der Waals surface area contributed by atoms with E-state index in [1.165, 1.54) is 17.5 Å². The fourth-order valence-electron chi connectivity index (χ4n) is 2.32. The van der Waals surface area contributed by atoms with Gasteiger partial charge in [0.2, 0.25) is 5.13 Å². The van der Waals surface area contributed by atoms with Crippen molar-refractivity contribution >= 4 is 38.3 Å². The molecular formula is C18H12BrN5OS. The molecule has 1 N–H and O–H groups in total. The molecule has 8 heteroatoms. The molecule has 0 spiro atoms. The predicted molar refractivity (Wildman–Crippen MR) is 105 cm³/mol. The zero-order valence-electron chi connectivity index (χ0n) is 13.3. The summed E-state index contributed by atoms with van der Waals surface area (Å²) in [6.07, 6.45) is 3.20. The highest BCUT2D eigenvalue weighted by Gasteiger charge is 2.13. The molecule has 0 radical (unpaired) electrons. The van der Waals surface area contributed by atoms with E-state index in [-0.39, 0.29) is 5.91 Å². The first-order chi connectivity index (χ1) is 12.7. The second-order valence-electron chi connectivity index (χ2n) is 5.38. The molecule has 1 amide bonds. The molecule has 6 nitrogen and oxygen atoms in total. The van der Waals surface area contributed by atoms with Gasteiger partial charge in [-0.2, -0.15) is 5.10 Å². The lowest BCUT2D eigenvalue weighted by atomic mass is 10.2. The Morgan fingerprint density at radius 3 is 2.58 bits per heavy atom. The molecular weight excluding hydrogens is 414 g/mol. The number of carbonyl (C=O) groups is 1. The van der Waals surface area contributed by atoms with Crippen LogP contribution in [0.25, 0.3) is 16.3 Å². The van der Waals surface area contributed by atoms with Crippen molar-refractivity contribution in [3.05, 3.63) is 77.0 Å². The van der Waals surface area contributed by atoms with E-state index in [9.17, 15) is 4.79 Å². The summed E-state index contributed by atoms with van der Waals surface area (Å²) in [6, 6.07) is 17.4. The number of anilines is 1. The molecule has 4 aromatic rings. The Morgan fingerprint density at radius 2 is 1.81 bits per heavy atom. The first kappa shape index (κ1) is 16.6. The lowest BCUT2D eigenvalue weighted by molar-refractivity contribution is 0.102. The van der Waals surface area contributed by atoms with Crippen molar-refractivity contribution in [3.63, 3.8) is 0 Å². The van der Waals surface area contributed by atoms with Gasteiger partial charge in [-0.25, -0.2) is 4.68 Å². The maximum Gasteiger partial charge on any atom is 0.260 e. The van der Waals surface area contributed by atoms with Crippen LogP contribution in [0.1, 0.15) is 10.4 Å². The normalized spacial score (nSPS) is 10.7. The van der Waals surface area contributed by atoms with Crippen LogP contribution in [0.5, 0.6) is 0 Å². The van der Waals surface area contributed by atoms with Gasteiger partial charge in [0.15, 0.2) is 0 Å². The van der Waals surface area contributed by atoms with Crippen LogP contribution in [0.3, 0.4) is 0 Å². The Balaban J connectivity index is 1.49. The van der Waals surface area contributed by atoms with Crippen LogP contribution in [0, 0.1) is 0 Å². The van der Waals surface area contributed by atoms with Crippen molar-refractivity contribution in [2.45, 2.75) is 0 Å². The summed E-state index contributed by atoms with van der Waals surface area (Å²) in [7, 11) is 0. The van der Waals surface area contributed by atoms with Crippen molar-refractivity contribution in [1.29, 1.82) is 0 Å². The van der Waals surface area contributed by atoms with Crippen LogP contribution in [-0.2, 0) is 0 Å². The largest absolute Gasteiger partial charge is 0.296 e. The molecule has 2 heterocycles. The summed E-state index contributed by atoms with van der Waals surface area (Å²) in [4.78, 5) is 12.4. The standard InChI is InChI=1S/C18H12BrN5OS/c19-14-6-8-15(9-7-14)24-11-13(10-20-24)16(25)21-18-23-22-17(26-18)12-4-2-1-3-5-12/h1-11H,(H,21,23,25). The fraction of sp³-hybridized carbons (Fsp3) is 0. The molecule has 0 saturated heterocycles. The summed E-state index contributed by atoms with van der Waals surface area (Å²) in [5.74, 6) is -0.274. The number of hydrogen-bond donors (Lipinski definition) is 1. The van der Waals surface area contributed by atoms with E-state index in [4.69, 9.17) is 0 Å². The molecule has 0 fully saturated rings. The van der Waals surface area contributed by atoms with Crippen LogP contribution in [0.15, 0.2) is 71.5 Å². The Kier molecular flexibility index (Phi) is 4.59. The molecule has 2 aromatic carbocycles. The molecule has 0 aliphatic carbocycles. The van der Waals surface area contributed by atoms with Gasteiger partial charge in [-0.1, -0.05) is 57.6 Å². The van der Waals surface area contributed by atoms with Gasteiger partial charge in [0.1, 0.15) is 5.01 Å². The van der Waals surface area contributed by atoms with Gasteiger partial charge in [0.05, 0.1) is 17.4 Å². The summed E-state index contributed by atoms with van der Waals surface area (Å²) in [5, 5.41) is 16.4. The molecule has 4 rings (SSSR count). The number of rotatable bonds is 4. The van der Waals surface area contributed by atoms with E-state index in [1.54, 1.807) is 10.9 Å². The summed E-state index contributed by atoms with van der Waals surface area (Å²) < 4.78 is 2.63. The van der Waals surface area contributed by atoms with E-state index in [0.717, 1.165) is 20.7 Å². The van der Waals surface area contributed by atoms with Gasteiger partial charge in [-0.05, 0) is 24.3 Å². The fourth-order valence-corrected chi connectivity index (χ4v) is 3.32. The Morgan fingerprint density at radius 1 is 1.04 bits per heavy atom. The summed E-state index contributed by atoms with van der Waals surface area (Å²) >= 11 is 4.72. The minimum absolute atomic E-state index is 0.274. The first-order valence-corrected chi connectivity index (χ1v) is 9.31. The average Bonchev–Trinajstić information content (AvgIpc) is 3.33. The third-order valence-electron chi connectivity index (χ3n) is 3.60. The summed E-state index contributed by atoms with van der Waals surface area (Å²) in [5.41, 5.74) is 2.28. The van der Waals surface area contributed by atoms with Crippen molar-refractivity contribution in [1.82, 2.24) is 20.0 Å². The molecule has 0 unspecified atom stereocenters. The molecule has 0 aliphatic heterocycles. The van der Waals surface area contributed by atoms with Crippen molar-refractivity contribution in [3.8, 4) is 16.3 Å². The van der Waals surface area contributed by atoms with Crippen molar-refractivity contribution < 1.29 is 4.79 Å². The number of nitrogens with one attached hydrogen (secondary N) is 1. The Hall–Kier alpha value is -2.84. The monoisotopic (exact) mass is 425 g/mol. The Labute approximate surface area is 161 Å². The van der Waals surface area contributed by atoms with E-state index in [1.807, 2.05) is 54.6 Å². The second-order valence-corrected chi connectivity index (χ2v) is 7.28. The van der Waals surface area contributed by atoms with Crippen molar-refractivity contribution in [2.24, 2.45) is 0 Å². The smallest absolute Gasteiger partial charge is 0.260 e. The van der Waals surface area contributed by atoms with Gasteiger partial charge >= 0.3 is 0 Å². The highest BCUT2D eigenvalue weighted by Crippen LogP contribution is 2.26. The highest BCUT2D eigenvalue weighted by molar-refractivity contribution is 9.10. The van der Waals surface area contributed by atoms with Crippen LogP contribution < -0.4 is 5.32 Å². The number of aromatic nitrogens is 4. The number of hydrogen-bond acceptors (Lipinski definition) is 5. The van der Waals surface area contributed by atoms with E-state index in [0.29, 0.717) is 10.7 Å². The number of nitrogens with zero attached hydrogens (tertiary/aromatic N) is 4. The Bertz CT molecular complexity index is 1040. The maximum atomic E-state index is 12.4. The van der Waals surface area contributed by atoms with Gasteiger partial charge < -0.3 is 0 Å². The SMILES string of the molecule is O=C(Nc1nnc(-c2ccccc2)s1)c1cnn(-c2ccc(Br)cc2)c1. The topological polar surface area (TPSA) is 72.7 Å². The third-order valence-corrected chi connectivity index (χ3v) is 5.02. The molecule has 0 saturated carbocycles. The van der Waals surface area contributed by atoms with Crippen molar-refractivity contribution in [2.75, 3.05) is 5.32 Å². The van der Waals surface area contributed by atoms with Gasteiger partial charge in [-0.3, -0.25) is 10.1 Å². The predicted octanol–water partition coefficient (Wildman–Crippen LogP) is 4.41. The number of amides is 1. The zero-order valence-corrected chi connectivity index (χ0v) is 15.7. The minimum atomic E-state index is -0.274. The van der Waals surface area contributed by atoms with Gasteiger partial charge in [0, 0.05) is 16.2 Å². The van der Waals surface area contributed by atoms with Crippen LogP contribution in [0.4, 0.5) is 5.13 Å². The molecule has 0 atom stereocenters. The van der Waals surface area contributed by atoms with Crippen LogP contribution in [0.2, 0.25) is 0 Å². The van der Waals surface area contributed by atoms with E-state index in [2.05, 4.69) is 36.5 Å². The van der Waals surface area contributed by atoms with Crippen LogP contribution in [-0.4, -0.2) is 25.9 Å². The van der Waals surface area contributed by atoms with Gasteiger partial charge in [0.25, 0.3) is 5.91 Å². The molecule has 26 heavy (non-hydrogen) atoms. The van der Waals surface area contributed by atoms with Crippen LogP contribution >= 0.6 is 27.3 Å². The van der Waals surface area contributed by atoms with E-state index >= 15 is 0 Å². The van der Waals surface area contributed by atoms with E-state index < -0.39 is 0 Å². The number of halogens is 1. The minimum Gasteiger partial charge on any atom is -0.296 e. The lowest BCUT2D eigenvalue weighted by Crippen LogP contribution is -2.10. The van der Waals surface area contributed by atoms with Gasteiger partial charge in [-0.15, -0.1) is 10.2 Å².